The number of methoxy groups -OCH3 is 1. The molecular weight excluding hydrogens is 244 g/mol. The quantitative estimate of drug-likeness (QED) is 0.844. The van der Waals surface area contributed by atoms with Crippen molar-refractivity contribution >= 4 is 5.91 Å². The Bertz CT molecular complexity index is 458. The van der Waals surface area contributed by atoms with Crippen LogP contribution in [-0.2, 0) is 11.3 Å². The molecule has 0 bridgehead atoms. The first-order valence-corrected chi connectivity index (χ1v) is 6.12. The Labute approximate surface area is 114 Å². The van der Waals surface area contributed by atoms with E-state index in [0.717, 1.165) is 5.56 Å². The van der Waals surface area contributed by atoms with Gasteiger partial charge in [0.1, 0.15) is 0 Å². The molecule has 0 aromatic heterocycles. The third-order valence-electron chi connectivity index (χ3n) is 3.17. The number of aromatic hydroxyl groups is 1. The van der Waals surface area contributed by atoms with Gasteiger partial charge >= 0.3 is 0 Å². The number of amides is 1. The van der Waals surface area contributed by atoms with Crippen LogP contribution in [0.4, 0.5) is 0 Å². The second kappa shape index (κ2) is 5.93. The topological polar surface area (TPSA) is 61.8 Å². The summed E-state index contributed by atoms with van der Waals surface area (Å²) in [6.07, 6.45) is 0. The number of ether oxygens (including phenoxy) is 1. The molecule has 106 valence electrons. The summed E-state index contributed by atoms with van der Waals surface area (Å²) < 4.78 is 5.05. The molecule has 1 aromatic rings. The molecule has 0 heterocycles. The van der Waals surface area contributed by atoms with E-state index in [1.807, 2.05) is 13.8 Å². The van der Waals surface area contributed by atoms with Crippen molar-refractivity contribution in [3.05, 3.63) is 23.8 Å². The summed E-state index contributed by atoms with van der Waals surface area (Å²) in [5.74, 6) is 0.504. The van der Waals surface area contributed by atoms with Gasteiger partial charge in [0, 0.05) is 13.6 Å². The van der Waals surface area contributed by atoms with E-state index in [0.29, 0.717) is 12.3 Å². The Morgan fingerprint density at radius 1 is 1.47 bits per heavy atom. The first kappa shape index (κ1) is 15.3. The minimum absolute atomic E-state index is 0.00189. The van der Waals surface area contributed by atoms with E-state index in [9.17, 15) is 9.90 Å². The SMILES string of the molecule is CNC(C)(C)C(=O)N(C)Cc1ccc(O)c(OC)c1. The van der Waals surface area contributed by atoms with Crippen molar-refractivity contribution in [2.24, 2.45) is 0 Å². The number of carbonyl (C=O) groups excluding carboxylic acids is 1. The number of nitrogens with one attached hydrogen (secondary N) is 1. The number of phenolic OH excluding ortho intramolecular Hbond substituents is 1. The van der Waals surface area contributed by atoms with Gasteiger partial charge in [0.15, 0.2) is 11.5 Å². The van der Waals surface area contributed by atoms with Gasteiger partial charge in [-0.2, -0.15) is 0 Å². The van der Waals surface area contributed by atoms with Gasteiger partial charge in [-0.05, 0) is 38.6 Å². The molecule has 0 aliphatic rings. The molecule has 19 heavy (non-hydrogen) atoms. The van der Waals surface area contributed by atoms with Crippen LogP contribution in [0.15, 0.2) is 18.2 Å². The highest BCUT2D eigenvalue weighted by molar-refractivity contribution is 5.85. The van der Waals surface area contributed by atoms with Crippen molar-refractivity contribution in [3.8, 4) is 11.5 Å². The average Bonchev–Trinajstić information content (AvgIpc) is 2.39. The number of benzene rings is 1. The zero-order valence-electron chi connectivity index (χ0n) is 12.2. The van der Waals surface area contributed by atoms with E-state index in [4.69, 9.17) is 4.74 Å². The molecule has 5 heteroatoms. The maximum Gasteiger partial charge on any atom is 0.242 e. The summed E-state index contributed by atoms with van der Waals surface area (Å²) >= 11 is 0. The maximum absolute atomic E-state index is 12.2. The molecule has 0 aliphatic carbocycles. The summed E-state index contributed by atoms with van der Waals surface area (Å²) in [6, 6.07) is 5.06. The molecule has 2 N–H and O–H groups in total. The van der Waals surface area contributed by atoms with E-state index in [-0.39, 0.29) is 11.7 Å². The van der Waals surface area contributed by atoms with Crippen LogP contribution >= 0.6 is 0 Å². The average molecular weight is 266 g/mol. The van der Waals surface area contributed by atoms with Crippen LogP contribution < -0.4 is 10.1 Å². The fourth-order valence-electron chi connectivity index (χ4n) is 1.75. The maximum atomic E-state index is 12.2. The Morgan fingerprint density at radius 2 is 2.11 bits per heavy atom. The minimum Gasteiger partial charge on any atom is -0.504 e. The summed E-state index contributed by atoms with van der Waals surface area (Å²) in [5.41, 5.74) is 0.299. The van der Waals surface area contributed by atoms with Crippen LogP contribution in [0.1, 0.15) is 19.4 Å². The smallest absolute Gasteiger partial charge is 0.242 e. The van der Waals surface area contributed by atoms with Gasteiger partial charge in [0.2, 0.25) is 5.91 Å². The summed E-state index contributed by atoms with van der Waals surface area (Å²) in [6.45, 7) is 4.13. The van der Waals surface area contributed by atoms with E-state index in [2.05, 4.69) is 5.32 Å². The van der Waals surface area contributed by atoms with Crippen LogP contribution in [0.3, 0.4) is 0 Å². The van der Waals surface area contributed by atoms with Crippen LogP contribution in [0.25, 0.3) is 0 Å². The zero-order chi connectivity index (χ0) is 14.6. The lowest BCUT2D eigenvalue weighted by molar-refractivity contribution is -0.136. The van der Waals surface area contributed by atoms with Crippen molar-refractivity contribution in [1.82, 2.24) is 10.2 Å². The van der Waals surface area contributed by atoms with Gasteiger partial charge in [-0.15, -0.1) is 0 Å². The van der Waals surface area contributed by atoms with Gasteiger partial charge in [-0.1, -0.05) is 6.07 Å². The van der Waals surface area contributed by atoms with Crippen molar-refractivity contribution < 1.29 is 14.6 Å². The number of rotatable bonds is 5. The first-order valence-electron chi connectivity index (χ1n) is 6.12. The second-order valence-corrected chi connectivity index (χ2v) is 5.04. The molecule has 1 aromatic carbocycles. The molecule has 0 aliphatic heterocycles. The highest BCUT2D eigenvalue weighted by Crippen LogP contribution is 2.26. The Hall–Kier alpha value is -1.75. The molecular formula is C14H22N2O3. The Kier molecular flexibility index (Phi) is 4.78. The largest absolute Gasteiger partial charge is 0.504 e. The summed E-state index contributed by atoms with van der Waals surface area (Å²) in [5, 5.41) is 12.5. The molecule has 5 nitrogen and oxygen atoms in total. The molecule has 0 unspecified atom stereocenters. The third kappa shape index (κ3) is 3.61. The minimum atomic E-state index is -0.601. The number of likely N-dealkylation sites (N-methyl/N-ethyl adjacent to an activating group) is 2. The van der Waals surface area contributed by atoms with Gasteiger partial charge in [-0.3, -0.25) is 4.79 Å². The Morgan fingerprint density at radius 3 is 2.63 bits per heavy atom. The number of carbonyl (C=O) groups is 1. The van der Waals surface area contributed by atoms with E-state index in [1.165, 1.54) is 7.11 Å². The highest BCUT2D eigenvalue weighted by Gasteiger charge is 2.28. The fourth-order valence-corrected chi connectivity index (χ4v) is 1.75. The third-order valence-corrected chi connectivity index (χ3v) is 3.17. The van der Waals surface area contributed by atoms with Crippen LogP contribution in [0.5, 0.6) is 11.5 Å². The Balaban J connectivity index is 2.82. The van der Waals surface area contributed by atoms with Crippen molar-refractivity contribution in [1.29, 1.82) is 0 Å². The normalized spacial score (nSPS) is 11.2. The van der Waals surface area contributed by atoms with E-state index >= 15 is 0 Å². The van der Waals surface area contributed by atoms with Gasteiger partial charge < -0.3 is 20.1 Å². The first-order chi connectivity index (χ1) is 8.81. The highest BCUT2D eigenvalue weighted by atomic mass is 16.5. The number of hydrogen-bond donors (Lipinski definition) is 2. The lowest BCUT2D eigenvalue weighted by atomic mass is 10.0. The van der Waals surface area contributed by atoms with Crippen molar-refractivity contribution in [3.63, 3.8) is 0 Å². The number of nitrogens with zero attached hydrogens (tertiary/aromatic N) is 1. The molecule has 1 rings (SSSR count). The van der Waals surface area contributed by atoms with E-state index in [1.54, 1.807) is 37.2 Å². The molecule has 0 fully saturated rings. The molecule has 0 saturated carbocycles. The molecule has 0 saturated heterocycles. The monoisotopic (exact) mass is 266 g/mol. The summed E-state index contributed by atoms with van der Waals surface area (Å²) in [4.78, 5) is 13.8. The number of hydrogen-bond acceptors (Lipinski definition) is 4. The van der Waals surface area contributed by atoms with Gasteiger partial charge in [0.25, 0.3) is 0 Å². The van der Waals surface area contributed by atoms with Crippen molar-refractivity contribution in [2.45, 2.75) is 25.9 Å². The number of phenols is 1. The van der Waals surface area contributed by atoms with Gasteiger partial charge in [0.05, 0.1) is 12.6 Å². The van der Waals surface area contributed by atoms with Gasteiger partial charge in [-0.25, -0.2) is 0 Å². The fraction of sp³-hybridized carbons (Fsp3) is 0.500. The molecule has 0 radical (unpaired) electrons. The van der Waals surface area contributed by atoms with E-state index < -0.39 is 5.54 Å². The molecule has 0 spiro atoms. The lowest BCUT2D eigenvalue weighted by Gasteiger charge is -2.29. The van der Waals surface area contributed by atoms with Crippen LogP contribution in [0.2, 0.25) is 0 Å². The standard InChI is InChI=1S/C14H22N2O3/c1-14(2,15-3)13(18)16(4)9-10-6-7-11(17)12(8-10)19-5/h6-8,15,17H,9H2,1-5H3. The van der Waals surface area contributed by atoms with Crippen molar-refractivity contribution in [2.75, 3.05) is 21.2 Å². The summed E-state index contributed by atoms with van der Waals surface area (Å²) in [7, 11) is 5.01. The predicted octanol–water partition coefficient (Wildman–Crippen LogP) is 1.36. The molecule has 0 atom stereocenters. The second-order valence-electron chi connectivity index (χ2n) is 5.04. The zero-order valence-corrected chi connectivity index (χ0v) is 12.2. The predicted molar refractivity (Wildman–Crippen MR) is 74.3 cm³/mol. The lowest BCUT2D eigenvalue weighted by Crippen LogP contribution is -2.51. The van der Waals surface area contributed by atoms with Crippen LogP contribution in [0, 0.1) is 0 Å². The van der Waals surface area contributed by atoms with Crippen LogP contribution in [-0.4, -0.2) is 42.7 Å². The molecule has 1 amide bonds.